The first-order valence-electron chi connectivity index (χ1n) is 8.51. The molecule has 0 saturated carbocycles. The number of nitrogens with one attached hydrogen (secondary N) is 1. The molecule has 1 N–H and O–H groups in total. The largest absolute Gasteiger partial charge is 0.357 e. The van der Waals surface area contributed by atoms with E-state index in [9.17, 15) is 4.79 Å². The fraction of sp³-hybridized carbons (Fsp3) is 0.333. The molecule has 1 aliphatic heterocycles. The van der Waals surface area contributed by atoms with Crippen LogP contribution in [0.4, 0.5) is 5.82 Å². The zero-order chi connectivity index (χ0) is 17.2. The molecule has 1 saturated heterocycles. The number of aryl methyl sites for hydroxylation is 1. The van der Waals surface area contributed by atoms with E-state index in [0.717, 1.165) is 24.6 Å². The third kappa shape index (κ3) is 3.05. The maximum atomic E-state index is 12.6. The Balaban J connectivity index is 1.50. The summed E-state index contributed by atoms with van der Waals surface area (Å²) < 4.78 is 1.80. The van der Waals surface area contributed by atoms with Gasteiger partial charge in [-0.2, -0.15) is 0 Å². The van der Waals surface area contributed by atoms with Crippen LogP contribution in [0, 0.1) is 6.92 Å². The third-order valence-corrected chi connectivity index (χ3v) is 4.45. The summed E-state index contributed by atoms with van der Waals surface area (Å²) in [6.45, 7) is 4.19. The summed E-state index contributed by atoms with van der Waals surface area (Å²) in [6.07, 6.45) is 5.99. The van der Waals surface area contributed by atoms with E-state index in [0.29, 0.717) is 23.8 Å². The van der Waals surface area contributed by atoms with Crippen LogP contribution in [0.25, 0.3) is 5.65 Å². The highest BCUT2D eigenvalue weighted by atomic mass is 16.1. The second kappa shape index (κ2) is 6.51. The van der Waals surface area contributed by atoms with Crippen LogP contribution in [0.2, 0.25) is 0 Å². The standard InChI is InChI=1S/C18H20N6O/c1-13-17(24-11-3-2-6-16(24)21-13)18(25)20-12-14-19-8-7-15(22-14)23-9-4-5-10-23/h2-3,6-8,11H,4-5,9-10,12H2,1H3,(H,20,25). The fourth-order valence-corrected chi connectivity index (χ4v) is 3.23. The molecule has 0 aliphatic carbocycles. The van der Waals surface area contributed by atoms with Gasteiger partial charge in [-0.25, -0.2) is 15.0 Å². The van der Waals surface area contributed by atoms with Crippen LogP contribution in [0.5, 0.6) is 0 Å². The quantitative estimate of drug-likeness (QED) is 0.788. The van der Waals surface area contributed by atoms with Crippen LogP contribution < -0.4 is 10.2 Å². The fourth-order valence-electron chi connectivity index (χ4n) is 3.23. The van der Waals surface area contributed by atoms with Crippen molar-refractivity contribution < 1.29 is 4.79 Å². The number of aromatic nitrogens is 4. The minimum Gasteiger partial charge on any atom is -0.357 e. The Bertz CT molecular complexity index is 913. The van der Waals surface area contributed by atoms with Crippen molar-refractivity contribution >= 4 is 17.4 Å². The van der Waals surface area contributed by atoms with Crippen LogP contribution in [-0.4, -0.2) is 38.3 Å². The molecule has 25 heavy (non-hydrogen) atoms. The average molecular weight is 336 g/mol. The monoisotopic (exact) mass is 336 g/mol. The number of hydrogen-bond acceptors (Lipinski definition) is 5. The average Bonchev–Trinajstić information content (AvgIpc) is 3.27. The molecule has 1 fully saturated rings. The molecule has 128 valence electrons. The van der Waals surface area contributed by atoms with Crippen molar-refractivity contribution in [2.24, 2.45) is 0 Å². The number of hydrogen-bond donors (Lipinski definition) is 1. The number of carbonyl (C=O) groups is 1. The second-order valence-electron chi connectivity index (χ2n) is 6.18. The molecule has 0 radical (unpaired) electrons. The van der Waals surface area contributed by atoms with Crippen molar-refractivity contribution in [3.8, 4) is 0 Å². The molecule has 3 aromatic heterocycles. The van der Waals surface area contributed by atoms with E-state index in [4.69, 9.17) is 0 Å². The van der Waals surface area contributed by atoms with Gasteiger partial charge in [0.05, 0.1) is 12.2 Å². The number of amides is 1. The lowest BCUT2D eigenvalue weighted by Gasteiger charge is -2.16. The summed E-state index contributed by atoms with van der Waals surface area (Å²) in [6, 6.07) is 7.59. The summed E-state index contributed by atoms with van der Waals surface area (Å²) in [4.78, 5) is 28.1. The van der Waals surface area contributed by atoms with E-state index in [-0.39, 0.29) is 5.91 Å². The van der Waals surface area contributed by atoms with Gasteiger partial charge >= 0.3 is 0 Å². The molecule has 7 nitrogen and oxygen atoms in total. The van der Waals surface area contributed by atoms with E-state index in [2.05, 4.69) is 25.2 Å². The van der Waals surface area contributed by atoms with E-state index in [1.807, 2.05) is 37.4 Å². The molecule has 0 aromatic carbocycles. The lowest BCUT2D eigenvalue weighted by molar-refractivity contribution is 0.0943. The van der Waals surface area contributed by atoms with Crippen LogP contribution in [0.3, 0.4) is 0 Å². The van der Waals surface area contributed by atoms with Gasteiger partial charge in [0.2, 0.25) is 0 Å². The SMILES string of the molecule is Cc1nc2ccccn2c1C(=O)NCc1nccc(N2CCCC2)n1. The molecule has 0 bridgehead atoms. The first kappa shape index (κ1) is 15.6. The molecular weight excluding hydrogens is 316 g/mol. The Labute approximate surface area is 145 Å². The summed E-state index contributed by atoms with van der Waals surface area (Å²) in [7, 11) is 0. The van der Waals surface area contributed by atoms with Crippen molar-refractivity contribution in [2.45, 2.75) is 26.3 Å². The van der Waals surface area contributed by atoms with Crippen LogP contribution in [0.1, 0.15) is 34.8 Å². The van der Waals surface area contributed by atoms with Crippen molar-refractivity contribution in [2.75, 3.05) is 18.0 Å². The number of nitrogens with zero attached hydrogens (tertiary/aromatic N) is 5. The summed E-state index contributed by atoms with van der Waals surface area (Å²) in [5.74, 6) is 1.37. The predicted molar refractivity (Wildman–Crippen MR) is 94.6 cm³/mol. The van der Waals surface area contributed by atoms with Gasteiger partial charge in [0.1, 0.15) is 23.0 Å². The van der Waals surface area contributed by atoms with Crippen LogP contribution in [0.15, 0.2) is 36.7 Å². The summed E-state index contributed by atoms with van der Waals surface area (Å²) in [5.41, 5.74) is 2.01. The Morgan fingerprint density at radius 1 is 1.20 bits per heavy atom. The molecule has 4 rings (SSSR count). The Hall–Kier alpha value is -2.96. The molecule has 3 aromatic rings. The lowest BCUT2D eigenvalue weighted by atomic mass is 10.3. The van der Waals surface area contributed by atoms with Gasteiger partial charge < -0.3 is 10.2 Å². The first-order valence-corrected chi connectivity index (χ1v) is 8.51. The highest BCUT2D eigenvalue weighted by molar-refractivity contribution is 5.94. The zero-order valence-electron chi connectivity index (χ0n) is 14.1. The molecule has 0 unspecified atom stereocenters. The zero-order valence-corrected chi connectivity index (χ0v) is 14.1. The Kier molecular flexibility index (Phi) is 4.05. The number of imidazole rings is 1. The molecule has 0 spiro atoms. The van der Waals surface area contributed by atoms with E-state index in [1.165, 1.54) is 12.8 Å². The normalized spacial score (nSPS) is 14.2. The molecule has 4 heterocycles. The number of pyridine rings is 1. The Morgan fingerprint density at radius 3 is 2.88 bits per heavy atom. The van der Waals surface area contributed by atoms with Crippen molar-refractivity contribution in [1.82, 2.24) is 24.7 Å². The van der Waals surface area contributed by atoms with Gasteiger partial charge in [0, 0.05) is 25.5 Å². The van der Waals surface area contributed by atoms with E-state index < -0.39 is 0 Å². The maximum absolute atomic E-state index is 12.6. The Morgan fingerprint density at radius 2 is 2.04 bits per heavy atom. The molecule has 1 aliphatic rings. The molecule has 0 atom stereocenters. The van der Waals surface area contributed by atoms with E-state index >= 15 is 0 Å². The third-order valence-electron chi connectivity index (χ3n) is 4.45. The minimum atomic E-state index is -0.175. The van der Waals surface area contributed by atoms with Crippen molar-refractivity contribution in [1.29, 1.82) is 0 Å². The van der Waals surface area contributed by atoms with Crippen LogP contribution in [-0.2, 0) is 6.54 Å². The maximum Gasteiger partial charge on any atom is 0.270 e. The predicted octanol–water partition coefficient (Wildman–Crippen LogP) is 1.96. The van der Waals surface area contributed by atoms with Crippen LogP contribution >= 0.6 is 0 Å². The molecule has 7 heteroatoms. The molecular formula is C18H20N6O. The number of anilines is 1. The number of carbonyl (C=O) groups excluding carboxylic acids is 1. The number of fused-ring (bicyclic) bond motifs is 1. The minimum absolute atomic E-state index is 0.175. The second-order valence-corrected chi connectivity index (χ2v) is 6.18. The molecule has 1 amide bonds. The summed E-state index contributed by atoms with van der Waals surface area (Å²) >= 11 is 0. The van der Waals surface area contributed by atoms with Gasteiger partial charge in [0.25, 0.3) is 5.91 Å². The van der Waals surface area contributed by atoms with Gasteiger partial charge in [-0.15, -0.1) is 0 Å². The smallest absolute Gasteiger partial charge is 0.270 e. The van der Waals surface area contributed by atoms with Gasteiger partial charge in [-0.1, -0.05) is 6.07 Å². The number of rotatable bonds is 4. The van der Waals surface area contributed by atoms with Gasteiger partial charge in [0.15, 0.2) is 0 Å². The summed E-state index contributed by atoms with van der Waals surface area (Å²) in [5, 5.41) is 2.91. The highest BCUT2D eigenvalue weighted by Gasteiger charge is 2.17. The van der Waals surface area contributed by atoms with Gasteiger partial charge in [-0.3, -0.25) is 9.20 Å². The van der Waals surface area contributed by atoms with E-state index in [1.54, 1.807) is 10.6 Å². The topological polar surface area (TPSA) is 75.4 Å². The first-order chi connectivity index (χ1) is 12.2. The van der Waals surface area contributed by atoms with Crippen molar-refractivity contribution in [3.63, 3.8) is 0 Å². The van der Waals surface area contributed by atoms with Crippen molar-refractivity contribution in [3.05, 3.63) is 53.9 Å². The van der Waals surface area contributed by atoms with Gasteiger partial charge in [-0.05, 0) is 38.0 Å². The highest BCUT2D eigenvalue weighted by Crippen LogP contribution is 2.17. The lowest BCUT2D eigenvalue weighted by Crippen LogP contribution is -2.26.